The molecule has 0 fully saturated rings. The number of hydrogen-bond acceptors (Lipinski definition) is 6. The van der Waals surface area contributed by atoms with E-state index in [1.54, 1.807) is 18.2 Å². The monoisotopic (exact) mass is 350 g/mol. The predicted molar refractivity (Wildman–Crippen MR) is 87.7 cm³/mol. The summed E-state index contributed by atoms with van der Waals surface area (Å²) in [6.07, 6.45) is 1.38. The van der Waals surface area contributed by atoms with E-state index in [-0.39, 0.29) is 5.69 Å². The number of carbonyl (C=O) groups excluding carboxylic acids is 2. The van der Waals surface area contributed by atoms with Gasteiger partial charge in [-0.3, -0.25) is 4.79 Å². The molecule has 1 aromatic carbocycles. The molecule has 0 saturated heterocycles. The van der Waals surface area contributed by atoms with Gasteiger partial charge in [-0.05, 0) is 24.3 Å². The van der Waals surface area contributed by atoms with Crippen molar-refractivity contribution in [2.45, 2.75) is 0 Å². The minimum atomic E-state index is -0.745. The fourth-order valence-electron chi connectivity index (χ4n) is 1.82. The lowest BCUT2D eigenvalue weighted by Crippen LogP contribution is -2.21. The summed E-state index contributed by atoms with van der Waals surface area (Å²) in [5.74, 6) is -0.277. The molecule has 1 heterocycles. The van der Waals surface area contributed by atoms with Crippen LogP contribution in [0.3, 0.4) is 0 Å². The van der Waals surface area contributed by atoms with Gasteiger partial charge in [0.15, 0.2) is 6.61 Å². The SMILES string of the molecule is COc1ccc(OC)c(NC(=O)COC(=O)c2cc(Cl)ccn2)c1. The maximum atomic E-state index is 12.0. The zero-order chi connectivity index (χ0) is 17.5. The number of pyridine rings is 1. The Morgan fingerprint density at radius 1 is 1.17 bits per heavy atom. The highest BCUT2D eigenvalue weighted by atomic mass is 35.5. The molecule has 1 aromatic heterocycles. The highest BCUT2D eigenvalue weighted by Crippen LogP contribution is 2.28. The van der Waals surface area contributed by atoms with Crippen molar-refractivity contribution in [3.05, 3.63) is 47.2 Å². The summed E-state index contributed by atoms with van der Waals surface area (Å²) in [5, 5.41) is 2.94. The predicted octanol–water partition coefficient (Wildman–Crippen LogP) is 2.55. The maximum Gasteiger partial charge on any atom is 0.357 e. The maximum absolute atomic E-state index is 12.0. The van der Waals surface area contributed by atoms with Gasteiger partial charge < -0.3 is 19.5 Å². The Bertz CT molecular complexity index is 751. The average Bonchev–Trinajstić information content (AvgIpc) is 2.59. The Morgan fingerprint density at radius 2 is 1.96 bits per heavy atom. The van der Waals surface area contributed by atoms with E-state index in [0.717, 1.165) is 0 Å². The van der Waals surface area contributed by atoms with E-state index in [2.05, 4.69) is 10.3 Å². The molecule has 0 aliphatic rings. The van der Waals surface area contributed by atoms with Crippen molar-refractivity contribution in [3.8, 4) is 11.5 Å². The van der Waals surface area contributed by atoms with E-state index < -0.39 is 18.5 Å². The Balaban J connectivity index is 1.97. The van der Waals surface area contributed by atoms with Crippen LogP contribution in [0.15, 0.2) is 36.5 Å². The van der Waals surface area contributed by atoms with E-state index in [1.807, 2.05) is 0 Å². The molecule has 126 valence electrons. The zero-order valence-electron chi connectivity index (χ0n) is 13.0. The van der Waals surface area contributed by atoms with E-state index >= 15 is 0 Å². The third-order valence-electron chi connectivity index (χ3n) is 2.95. The molecule has 0 spiro atoms. The summed E-state index contributed by atoms with van der Waals surface area (Å²) in [4.78, 5) is 27.6. The highest BCUT2D eigenvalue weighted by Gasteiger charge is 2.14. The number of esters is 1. The number of carbonyl (C=O) groups is 2. The molecule has 24 heavy (non-hydrogen) atoms. The molecule has 1 amide bonds. The number of amides is 1. The number of nitrogens with one attached hydrogen (secondary N) is 1. The first kappa shape index (κ1) is 17.6. The van der Waals surface area contributed by atoms with Crippen molar-refractivity contribution < 1.29 is 23.8 Å². The van der Waals surface area contributed by atoms with Gasteiger partial charge in [-0.2, -0.15) is 0 Å². The van der Waals surface area contributed by atoms with Gasteiger partial charge in [-0.15, -0.1) is 0 Å². The van der Waals surface area contributed by atoms with Crippen LogP contribution in [-0.2, 0) is 9.53 Å². The second-order valence-corrected chi connectivity index (χ2v) is 4.99. The molecule has 0 aliphatic carbocycles. The summed E-state index contributed by atoms with van der Waals surface area (Å²) < 4.78 is 15.1. The van der Waals surface area contributed by atoms with E-state index in [9.17, 15) is 9.59 Å². The van der Waals surface area contributed by atoms with Gasteiger partial charge in [0.1, 0.15) is 17.2 Å². The topological polar surface area (TPSA) is 86.8 Å². The van der Waals surface area contributed by atoms with Gasteiger partial charge in [0.2, 0.25) is 0 Å². The number of anilines is 1. The van der Waals surface area contributed by atoms with Gasteiger partial charge in [0.05, 0.1) is 19.9 Å². The van der Waals surface area contributed by atoms with Crippen molar-refractivity contribution in [1.29, 1.82) is 0 Å². The van der Waals surface area contributed by atoms with Crippen LogP contribution in [-0.4, -0.2) is 37.7 Å². The number of aromatic nitrogens is 1. The average molecular weight is 351 g/mol. The van der Waals surface area contributed by atoms with Gasteiger partial charge in [0.25, 0.3) is 5.91 Å². The molecule has 7 nitrogen and oxygen atoms in total. The second kappa shape index (κ2) is 8.16. The molecule has 0 saturated carbocycles. The molecule has 0 aliphatic heterocycles. The summed E-state index contributed by atoms with van der Waals surface area (Å²) in [7, 11) is 2.98. The molecule has 0 unspecified atom stereocenters. The van der Waals surface area contributed by atoms with Crippen LogP contribution >= 0.6 is 11.6 Å². The molecule has 2 rings (SSSR count). The van der Waals surface area contributed by atoms with Gasteiger partial charge in [-0.1, -0.05) is 11.6 Å². The van der Waals surface area contributed by atoms with Crippen molar-refractivity contribution in [1.82, 2.24) is 4.98 Å². The Labute approximate surface area is 143 Å². The van der Waals surface area contributed by atoms with Crippen molar-refractivity contribution in [2.75, 3.05) is 26.1 Å². The summed E-state index contributed by atoms with van der Waals surface area (Å²) in [6, 6.07) is 7.82. The molecular formula is C16H15ClN2O5. The number of methoxy groups -OCH3 is 2. The standard InChI is InChI=1S/C16H15ClN2O5/c1-22-11-3-4-14(23-2)12(8-11)19-15(20)9-24-16(21)13-7-10(17)5-6-18-13/h3-8H,9H2,1-2H3,(H,19,20). The Morgan fingerprint density at radius 3 is 2.62 bits per heavy atom. The number of benzene rings is 1. The molecule has 0 atom stereocenters. The molecule has 0 radical (unpaired) electrons. The van der Waals surface area contributed by atoms with Crippen molar-refractivity contribution in [2.24, 2.45) is 0 Å². The van der Waals surface area contributed by atoms with E-state index in [1.165, 1.54) is 32.5 Å². The molecule has 0 bridgehead atoms. The zero-order valence-corrected chi connectivity index (χ0v) is 13.8. The van der Waals surface area contributed by atoms with Crippen molar-refractivity contribution in [3.63, 3.8) is 0 Å². The van der Waals surface area contributed by atoms with Crippen LogP contribution in [0.4, 0.5) is 5.69 Å². The van der Waals surface area contributed by atoms with Crippen LogP contribution in [0.25, 0.3) is 0 Å². The van der Waals surface area contributed by atoms with E-state index in [4.69, 9.17) is 25.8 Å². The van der Waals surface area contributed by atoms with Crippen LogP contribution in [0, 0.1) is 0 Å². The lowest BCUT2D eigenvalue weighted by atomic mass is 10.2. The van der Waals surface area contributed by atoms with Gasteiger partial charge >= 0.3 is 5.97 Å². The third kappa shape index (κ3) is 4.60. The van der Waals surface area contributed by atoms with Crippen LogP contribution in [0.2, 0.25) is 5.02 Å². The number of rotatable bonds is 6. The van der Waals surface area contributed by atoms with Gasteiger partial charge in [0, 0.05) is 17.3 Å². The molecule has 1 N–H and O–H groups in total. The quantitative estimate of drug-likeness (QED) is 0.806. The first-order valence-electron chi connectivity index (χ1n) is 6.84. The first-order chi connectivity index (χ1) is 11.5. The van der Waals surface area contributed by atoms with Crippen LogP contribution < -0.4 is 14.8 Å². The number of hydrogen-bond donors (Lipinski definition) is 1. The summed E-state index contributed by atoms with van der Waals surface area (Å²) in [5.41, 5.74) is 0.424. The fraction of sp³-hybridized carbons (Fsp3) is 0.188. The third-order valence-corrected chi connectivity index (χ3v) is 3.18. The Kier molecular flexibility index (Phi) is 5.97. The smallest absolute Gasteiger partial charge is 0.357 e. The van der Waals surface area contributed by atoms with Gasteiger partial charge in [-0.25, -0.2) is 9.78 Å². The normalized spacial score (nSPS) is 9.96. The highest BCUT2D eigenvalue weighted by molar-refractivity contribution is 6.30. The second-order valence-electron chi connectivity index (χ2n) is 4.55. The number of nitrogens with zero attached hydrogens (tertiary/aromatic N) is 1. The fourth-order valence-corrected chi connectivity index (χ4v) is 1.98. The lowest BCUT2D eigenvalue weighted by molar-refractivity contribution is -0.119. The summed E-state index contributed by atoms with van der Waals surface area (Å²) in [6.45, 7) is -0.479. The Hall–Kier alpha value is -2.80. The minimum absolute atomic E-state index is 0.0225. The number of ether oxygens (including phenoxy) is 3. The molecule has 8 heteroatoms. The minimum Gasteiger partial charge on any atom is -0.497 e. The van der Waals surface area contributed by atoms with Crippen LogP contribution in [0.1, 0.15) is 10.5 Å². The first-order valence-corrected chi connectivity index (χ1v) is 7.22. The van der Waals surface area contributed by atoms with Crippen molar-refractivity contribution >= 4 is 29.2 Å². The summed E-state index contributed by atoms with van der Waals surface area (Å²) >= 11 is 5.77. The molecule has 2 aromatic rings. The largest absolute Gasteiger partial charge is 0.497 e. The molecular weight excluding hydrogens is 336 g/mol. The van der Waals surface area contributed by atoms with Crippen LogP contribution in [0.5, 0.6) is 11.5 Å². The number of halogens is 1. The van der Waals surface area contributed by atoms with E-state index in [0.29, 0.717) is 22.2 Å². The lowest BCUT2D eigenvalue weighted by Gasteiger charge is -2.11.